The quantitative estimate of drug-likeness (QED) is 0.782. The van der Waals surface area contributed by atoms with E-state index in [2.05, 4.69) is 15.3 Å². The van der Waals surface area contributed by atoms with Crippen LogP contribution in [0, 0.1) is 0 Å². The van der Waals surface area contributed by atoms with E-state index in [0.717, 1.165) is 31.1 Å². The summed E-state index contributed by atoms with van der Waals surface area (Å²) >= 11 is 0. The van der Waals surface area contributed by atoms with Crippen molar-refractivity contribution < 1.29 is 9.90 Å². The number of hydrogen-bond acceptors (Lipinski definition) is 5. The fraction of sp³-hybridized carbons (Fsp3) is 0.550. The van der Waals surface area contributed by atoms with E-state index in [9.17, 15) is 4.79 Å². The lowest BCUT2D eigenvalue weighted by molar-refractivity contribution is 0.100. The number of carbonyl (C=O) groups excluding carboxylic acids is 1. The molecule has 0 unspecified atom stereocenters. The zero-order valence-corrected chi connectivity index (χ0v) is 15.2. The number of fused-ring (bicyclic) bond motifs is 1. The van der Waals surface area contributed by atoms with Crippen LogP contribution in [0.4, 0.5) is 5.95 Å². The molecule has 2 saturated carbocycles. The van der Waals surface area contributed by atoms with Gasteiger partial charge in [0.1, 0.15) is 0 Å². The molecule has 1 aromatic carbocycles. The van der Waals surface area contributed by atoms with Crippen LogP contribution in [0.1, 0.15) is 68.1 Å². The van der Waals surface area contributed by atoms with Gasteiger partial charge < -0.3 is 16.2 Å². The van der Waals surface area contributed by atoms with Crippen molar-refractivity contribution in [1.29, 1.82) is 0 Å². The van der Waals surface area contributed by atoms with Crippen molar-refractivity contribution in [3.05, 3.63) is 30.0 Å². The highest BCUT2D eigenvalue weighted by molar-refractivity contribution is 6.04. The molecular formula is C20H28N4O2. The van der Waals surface area contributed by atoms with Crippen LogP contribution < -0.4 is 11.1 Å². The molecule has 0 atom stereocenters. The molecule has 0 radical (unpaired) electrons. The summed E-state index contributed by atoms with van der Waals surface area (Å²) in [4.78, 5) is 20.3. The number of aliphatic hydroxyl groups excluding tert-OH is 1. The van der Waals surface area contributed by atoms with Gasteiger partial charge in [-0.1, -0.05) is 44.2 Å². The standard InChI is InChI=1S/C15H18N4O.C5H10O/c16-14(20)12-8-4-5-10-9-17-15(19-13(10)12)18-11-6-2-1-3-7-11;6-5-3-1-2-4-5/h4-5,8-9,11H,1-3,6-7H2,(H2,16,20)(H,17,18,19);5-6H,1-4H2. The average Bonchev–Trinajstić information content (AvgIpc) is 3.13. The van der Waals surface area contributed by atoms with Gasteiger partial charge in [0, 0.05) is 17.6 Å². The molecule has 1 aromatic heterocycles. The Kier molecular flexibility index (Phi) is 6.39. The molecule has 2 aliphatic carbocycles. The Morgan fingerprint density at radius 2 is 1.77 bits per heavy atom. The Hall–Kier alpha value is -2.21. The van der Waals surface area contributed by atoms with E-state index in [4.69, 9.17) is 10.8 Å². The van der Waals surface area contributed by atoms with E-state index in [1.54, 1.807) is 18.3 Å². The fourth-order valence-electron chi connectivity index (χ4n) is 3.66. The fourth-order valence-corrected chi connectivity index (χ4v) is 3.66. The Morgan fingerprint density at radius 1 is 1.08 bits per heavy atom. The first-order valence-corrected chi connectivity index (χ1v) is 9.63. The molecule has 4 rings (SSSR count). The van der Waals surface area contributed by atoms with Gasteiger partial charge in [-0.3, -0.25) is 4.79 Å². The first-order chi connectivity index (χ1) is 12.6. The highest BCUT2D eigenvalue weighted by Crippen LogP contribution is 2.22. The van der Waals surface area contributed by atoms with Crippen LogP contribution in [0.3, 0.4) is 0 Å². The molecular weight excluding hydrogens is 328 g/mol. The number of primary amides is 1. The number of nitrogens with one attached hydrogen (secondary N) is 1. The lowest BCUT2D eigenvalue weighted by Gasteiger charge is -2.22. The largest absolute Gasteiger partial charge is 0.393 e. The third-order valence-corrected chi connectivity index (χ3v) is 5.14. The van der Waals surface area contributed by atoms with E-state index in [1.807, 2.05) is 6.07 Å². The van der Waals surface area contributed by atoms with Gasteiger partial charge in [-0.25, -0.2) is 9.97 Å². The van der Waals surface area contributed by atoms with Crippen molar-refractivity contribution in [2.45, 2.75) is 69.9 Å². The molecule has 2 aromatic rings. The molecule has 4 N–H and O–H groups in total. The number of para-hydroxylation sites is 1. The maximum absolute atomic E-state index is 11.5. The van der Waals surface area contributed by atoms with E-state index in [0.29, 0.717) is 23.1 Å². The molecule has 0 spiro atoms. The van der Waals surface area contributed by atoms with Crippen LogP contribution >= 0.6 is 0 Å². The Morgan fingerprint density at radius 3 is 2.38 bits per heavy atom. The van der Waals surface area contributed by atoms with Crippen molar-refractivity contribution >= 4 is 22.8 Å². The number of hydrogen-bond donors (Lipinski definition) is 3. The van der Waals surface area contributed by atoms with Gasteiger partial charge in [-0.15, -0.1) is 0 Å². The van der Waals surface area contributed by atoms with Gasteiger partial charge in [-0.2, -0.15) is 0 Å². The van der Waals surface area contributed by atoms with Gasteiger partial charge >= 0.3 is 0 Å². The predicted octanol–water partition coefficient (Wildman–Crippen LogP) is 3.39. The van der Waals surface area contributed by atoms with Crippen LogP contribution in [0.15, 0.2) is 24.4 Å². The summed E-state index contributed by atoms with van der Waals surface area (Å²) in [5.74, 6) is 0.121. The lowest BCUT2D eigenvalue weighted by atomic mass is 9.96. The van der Waals surface area contributed by atoms with Crippen LogP contribution in [-0.4, -0.2) is 33.1 Å². The summed E-state index contributed by atoms with van der Waals surface area (Å²) in [5, 5.41) is 12.9. The number of carbonyl (C=O) groups is 1. The van der Waals surface area contributed by atoms with E-state index < -0.39 is 5.91 Å². The summed E-state index contributed by atoms with van der Waals surface area (Å²) < 4.78 is 0. The molecule has 1 amide bonds. The molecule has 6 nitrogen and oxygen atoms in total. The van der Waals surface area contributed by atoms with Gasteiger partial charge in [-0.05, 0) is 31.7 Å². The first-order valence-electron chi connectivity index (χ1n) is 9.63. The molecule has 140 valence electrons. The third-order valence-electron chi connectivity index (χ3n) is 5.14. The monoisotopic (exact) mass is 356 g/mol. The number of aliphatic hydroxyl groups is 1. The normalized spacial score (nSPS) is 18.3. The molecule has 0 saturated heterocycles. The van der Waals surface area contributed by atoms with Crippen molar-refractivity contribution in [3.8, 4) is 0 Å². The molecule has 26 heavy (non-hydrogen) atoms. The zero-order chi connectivity index (χ0) is 18.4. The maximum atomic E-state index is 11.5. The molecule has 1 heterocycles. The van der Waals surface area contributed by atoms with Crippen molar-refractivity contribution in [2.75, 3.05) is 5.32 Å². The lowest BCUT2D eigenvalue weighted by Crippen LogP contribution is -2.23. The third kappa shape index (κ3) is 4.91. The number of benzene rings is 1. The number of rotatable bonds is 3. The Labute approximate surface area is 154 Å². The topological polar surface area (TPSA) is 101 Å². The summed E-state index contributed by atoms with van der Waals surface area (Å²) in [5.41, 5.74) is 6.45. The molecule has 2 aliphatic rings. The van der Waals surface area contributed by atoms with Crippen LogP contribution in [0.25, 0.3) is 10.9 Å². The van der Waals surface area contributed by atoms with Crippen molar-refractivity contribution in [2.24, 2.45) is 5.73 Å². The second kappa shape index (κ2) is 8.94. The highest BCUT2D eigenvalue weighted by atomic mass is 16.3. The van der Waals surface area contributed by atoms with Gasteiger partial charge in [0.15, 0.2) is 0 Å². The second-order valence-corrected chi connectivity index (χ2v) is 7.22. The summed E-state index contributed by atoms with van der Waals surface area (Å²) in [6.45, 7) is 0. The van der Waals surface area contributed by atoms with E-state index in [-0.39, 0.29) is 6.10 Å². The molecule has 0 bridgehead atoms. The number of nitrogens with zero attached hydrogens (tertiary/aromatic N) is 2. The van der Waals surface area contributed by atoms with Gasteiger partial charge in [0.2, 0.25) is 5.95 Å². The maximum Gasteiger partial charge on any atom is 0.250 e. The number of aromatic nitrogens is 2. The summed E-state index contributed by atoms with van der Waals surface area (Å²) in [6.07, 6.45) is 12.4. The number of amides is 1. The second-order valence-electron chi connectivity index (χ2n) is 7.22. The predicted molar refractivity (Wildman–Crippen MR) is 103 cm³/mol. The summed E-state index contributed by atoms with van der Waals surface area (Å²) in [6, 6.07) is 5.80. The van der Waals surface area contributed by atoms with E-state index >= 15 is 0 Å². The molecule has 0 aliphatic heterocycles. The minimum Gasteiger partial charge on any atom is -0.393 e. The first kappa shape index (κ1) is 18.6. The van der Waals surface area contributed by atoms with Crippen LogP contribution in [0.2, 0.25) is 0 Å². The summed E-state index contributed by atoms with van der Waals surface area (Å²) in [7, 11) is 0. The smallest absolute Gasteiger partial charge is 0.250 e. The Balaban J connectivity index is 0.000000278. The van der Waals surface area contributed by atoms with Crippen molar-refractivity contribution in [1.82, 2.24) is 9.97 Å². The SMILES string of the molecule is NC(=O)c1cccc2cnc(NC3CCCCC3)nc12.OC1CCCC1. The molecule has 6 heteroatoms. The Bertz CT molecular complexity index is 738. The number of nitrogens with two attached hydrogens (primary N) is 1. The highest BCUT2D eigenvalue weighted by Gasteiger charge is 2.15. The number of anilines is 1. The van der Waals surface area contributed by atoms with E-state index in [1.165, 1.54) is 32.1 Å². The average molecular weight is 356 g/mol. The van der Waals surface area contributed by atoms with Crippen LogP contribution in [-0.2, 0) is 0 Å². The zero-order valence-electron chi connectivity index (χ0n) is 15.2. The molecule has 2 fully saturated rings. The van der Waals surface area contributed by atoms with Crippen molar-refractivity contribution in [3.63, 3.8) is 0 Å². The van der Waals surface area contributed by atoms with Crippen LogP contribution in [0.5, 0.6) is 0 Å². The van der Waals surface area contributed by atoms with Gasteiger partial charge in [0.25, 0.3) is 5.91 Å². The van der Waals surface area contributed by atoms with Gasteiger partial charge in [0.05, 0.1) is 17.2 Å². The minimum atomic E-state index is -0.460. The minimum absolute atomic E-state index is 0.0463.